The van der Waals surface area contributed by atoms with E-state index in [0.29, 0.717) is 47.9 Å². The number of piperazine rings is 2. The Morgan fingerprint density at radius 1 is 1.13 bits per heavy atom. The zero-order chi connectivity index (χ0) is 34.3. The highest BCUT2D eigenvalue weighted by molar-refractivity contribution is 7.16. The second kappa shape index (κ2) is 13.2. The number of aromatic nitrogens is 1. The molecule has 0 spiro atoms. The van der Waals surface area contributed by atoms with Crippen LogP contribution in [0.5, 0.6) is 0 Å². The number of nitrogens with zero attached hydrogens (tertiary/aromatic N) is 7. The highest BCUT2D eigenvalue weighted by atomic mass is 32.1. The normalized spacial score (nSPS) is 24.0. The largest absolute Gasteiger partial charge is 0.444 e. The van der Waals surface area contributed by atoms with E-state index in [0.717, 1.165) is 49.0 Å². The average molecular weight is 666 g/mol. The predicted octanol–water partition coefficient (Wildman–Crippen LogP) is 3.81. The van der Waals surface area contributed by atoms with Crippen molar-refractivity contribution in [3.05, 3.63) is 33.8 Å². The maximum Gasteiger partial charge on any atom is 0.410 e. The number of carbonyl (C=O) groups is 2. The van der Waals surface area contributed by atoms with Crippen molar-refractivity contribution in [2.24, 2.45) is 10.9 Å². The summed E-state index contributed by atoms with van der Waals surface area (Å²) >= 11 is 1.36. The van der Waals surface area contributed by atoms with Gasteiger partial charge in [-0.2, -0.15) is 5.26 Å². The molecule has 5 rings (SSSR count). The maximum atomic E-state index is 13.7. The van der Waals surface area contributed by atoms with Gasteiger partial charge in [-0.15, -0.1) is 11.3 Å². The Bertz CT molecular complexity index is 1590. The molecule has 3 atom stereocenters. The van der Waals surface area contributed by atoms with E-state index in [1.807, 2.05) is 39.8 Å². The molecule has 14 heteroatoms. The highest BCUT2D eigenvalue weighted by Gasteiger charge is 2.46. The Kier molecular flexibility index (Phi) is 9.62. The van der Waals surface area contributed by atoms with E-state index >= 15 is 0 Å². The van der Waals surface area contributed by atoms with Crippen LogP contribution in [-0.2, 0) is 19.8 Å². The molecule has 0 aromatic carbocycles. The standard InChI is InChI=1S/C33H47N9O4S/c1-20-8-9-33(6,26-23(18-34)29(36)47-27(20)26)30(43)46-38-28(35)24-16-22(17-25(37-24)40-12-10-39(7)11-13-40)41-14-15-42(21(2)19-41)31(44)45-32(3,4)5/h16-17,20-21H,8-15,19,36H2,1-7H3,(H2,35,38). The smallest absolute Gasteiger partial charge is 0.410 e. The number of likely N-dealkylation sites (N-methyl/N-ethyl adjacent to an activating group) is 1. The number of amides is 1. The molecule has 2 saturated heterocycles. The van der Waals surface area contributed by atoms with E-state index < -0.39 is 17.0 Å². The van der Waals surface area contributed by atoms with Crippen molar-refractivity contribution in [1.29, 1.82) is 5.26 Å². The number of thiophene rings is 1. The molecule has 3 unspecified atom stereocenters. The van der Waals surface area contributed by atoms with E-state index in [-0.39, 0.29) is 23.9 Å². The quantitative estimate of drug-likeness (QED) is 0.206. The first kappa shape index (κ1) is 34.3. The fraction of sp³-hybridized carbons (Fsp3) is 0.606. The van der Waals surface area contributed by atoms with Crippen molar-refractivity contribution in [2.75, 3.05) is 68.4 Å². The number of nitrogens with two attached hydrogens (primary N) is 2. The minimum Gasteiger partial charge on any atom is -0.444 e. The third-order valence-electron chi connectivity index (χ3n) is 9.34. The van der Waals surface area contributed by atoms with Crippen LogP contribution in [0.3, 0.4) is 0 Å². The number of carbonyl (C=O) groups excluding carboxylic acids is 2. The summed E-state index contributed by atoms with van der Waals surface area (Å²) in [4.78, 5) is 46.3. The third kappa shape index (κ3) is 7.11. The molecule has 2 fully saturated rings. The fourth-order valence-electron chi connectivity index (χ4n) is 6.47. The molecule has 1 aliphatic carbocycles. The number of rotatable bonds is 5. The van der Waals surface area contributed by atoms with E-state index in [9.17, 15) is 14.9 Å². The lowest BCUT2D eigenvalue weighted by Gasteiger charge is -2.41. The Hall–Kier alpha value is -4.09. The number of hydrogen-bond donors (Lipinski definition) is 2. The molecule has 1 amide bonds. The first-order valence-corrected chi connectivity index (χ1v) is 17.0. The number of nitriles is 1. The van der Waals surface area contributed by atoms with Crippen LogP contribution in [0, 0.1) is 11.3 Å². The number of hydrogen-bond acceptors (Lipinski definition) is 12. The van der Waals surface area contributed by atoms with Crippen molar-refractivity contribution in [2.45, 2.75) is 77.4 Å². The van der Waals surface area contributed by atoms with E-state index in [1.165, 1.54) is 11.3 Å². The van der Waals surface area contributed by atoms with Gasteiger partial charge in [0, 0.05) is 74.0 Å². The summed E-state index contributed by atoms with van der Waals surface area (Å²) in [5, 5.41) is 14.4. The second-order valence-corrected chi connectivity index (χ2v) is 15.2. The number of amidine groups is 1. The minimum absolute atomic E-state index is 0.0330. The molecule has 254 valence electrons. The SMILES string of the molecule is CC1CCC(C)(C(=O)O/N=C(\N)c2cc(N3CCN(C(=O)OC(C)(C)C)C(C)C3)cc(N3CCN(C)CC3)n2)c2c1sc(N)c2C#N. The summed E-state index contributed by atoms with van der Waals surface area (Å²) < 4.78 is 5.63. The summed E-state index contributed by atoms with van der Waals surface area (Å²) in [6, 6.07) is 5.98. The van der Waals surface area contributed by atoms with Gasteiger partial charge in [0.15, 0.2) is 5.84 Å². The Labute approximate surface area is 281 Å². The van der Waals surface area contributed by atoms with Crippen LogP contribution in [0.25, 0.3) is 0 Å². The number of anilines is 3. The Morgan fingerprint density at radius 2 is 1.81 bits per heavy atom. The molecule has 2 aliphatic heterocycles. The lowest BCUT2D eigenvalue weighted by atomic mass is 9.70. The zero-order valence-electron chi connectivity index (χ0n) is 28.5. The summed E-state index contributed by atoms with van der Waals surface area (Å²) in [7, 11) is 2.09. The number of ether oxygens (including phenoxy) is 1. The van der Waals surface area contributed by atoms with Crippen LogP contribution in [0.2, 0.25) is 0 Å². The monoisotopic (exact) mass is 665 g/mol. The molecule has 2 aromatic rings. The van der Waals surface area contributed by atoms with Gasteiger partial charge >= 0.3 is 12.1 Å². The topological polar surface area (TPSA) is 167 Å². The average Bonchev–Trinajstić information content (AvgIpc) is 3.38. The van der Waals surface area contributed by atoms with Crippen LogP contribution < -0.4 is 21.3 Å². The van der Waals surface area contributed by atoms with E-state index in [2.05, 4.69) is 39.9 Å². The molecule has 13 nitrogen and oxygen atoms in total. The number of fused-ring (bicyclic) bond motifs is 1. The van der Waals surface area contributed by atoms with Gasteiger partial charge in [0.1, 0.15) is 28.2 Å². The third-order valence-corrected chi connectivity index (χ3v) is 10.6. The molecule has 0 saturated carbocycles. The van der Waals surface area contributed by atoms with Crippen LogP contribution in [0.1, 0.15) is 82.0 Å². The van der Waals surface area contributed by atoms with Crippen LogP contribution in [0.15, 0.2) is 17.3 Å². The van der Waals surface area contributed by atoms with Crippen LogP contribution in [0.4, 0.5) is 21.3 Å². The fourth-order valence-corrected chi connectivity index (χ4v) is 7.71. The van der Waals surface area contributed by atoms with E-state index in [1.54, 1.807) is 11.8 Å². The molecule has 4 N–H and O–H groups in total. The maximum absolute atomic E-state index is 13.7. The molecule has 2 aromatic heterocycles. The van der Waals surface area contributed by atoms with Crippen molar-refractivity contribution in [3.8, 4) is 6.07 Å². The Balaban J connectivity index is 1.41. The van der Waals surface area contributed by atoms with Gasteiger partial charge in [-0.05, 0) is 66.5 Å². The molecular formula is C33H47N9O4S. The second-order valence-electron chi connectivity index (χ2n) is 14.1. The Morgan fingerprint density at radius 3 is 2.45 bits per heavy atom. The summed E-state index contributed by atoms with van der Waals surface area (Å²) in [6.07, 6.45) is 0.923. The number of oxime groups is 1. The molecule has 0 radical (unpaired) electrons. The molecule has 0 bridgehead atoms. The predicted molar refractivity (Wildman–Crippen MR) is 184 cm³/mol. The molecular weight excluding hydrogens is 618 g/mol. The number of nitrogen functional groups attached to an aromatic ring is 1. The summed E-state index contributed by atoms with van der Waals surface area (Å²) in [5.41, 5.74) is 13.2. The van der Waals surface area contributed by atoms with Gasteiger partial charge in [-0.25, -0.2) is 14.6 Å². The van der Waals surface area contributed by atoms with Gasteiger partial charge < -0.3 is 40.6 Å². The van der Waals surface area contributed by atoms with Gasteiger partial charge in [-0.1, -0.05) is 12.1 Å². The molecule has 47 heavy (non-hydrogen) atoms. The lowest BCUT2D eigenvalue weighted by molar-refractivity contribution is -0.150. The van der Waals surface area contributed by atoms with Crippen molar-refractivity contribution < 1.29 is 19.2 Å². The summed E-state index contributed by atoms with van der Waals surface area (Å²) in [5.74, 6) is 0.310. The van der Waals surface area contributed by atoms with Crippen LogP contribution >= 0.6 is 11.3 Å². The van der Waals surface area contributed by atoms with Gasteiger partial charge in [0.05, 0.1) is 11.0 Å². The van der Waals surface area contributed by atoms with Gasteiger partial charge in [0.2, 0.25) is 0 Å². The number of pyridine rings is 1. The van der Waals surface area contributed by atoms with Crippen LogP contribution in [-0.4, -0.2) is 97.2 Å². The molecule has 4 heterocycles. The van der Waals surface area contributed by atoms with Crippen molar-refractivity contribution in [3.63, 3.8) is 0 Å². The first-order chi connectivity index (χ1) is 22.1. The van der Waals surface area contributed by atoms with Gasteiger partial charge in [0.25, 0.3) is 0 Å². The summed E-state index contributed by atoms with van der Waals surface area (Å²) in [6.45, 7) is 16.5. The van der Waals surface area contributed by atoms with E-state index in [4.69, 9.17) is 26.0 Å². The molecule has 3 aliphatic rings. The minimum atomic E-state index is -1.09. The van der Waals surface area contributed by atoms with Gasteiger partial charge in [-0.3, -0.25) is 0 Å². The van der Waals surface area contributed by atoms with Crippen molar-refractivity contribution in [1.82, 2.24) is 14.8 Å². The first-order valence-electron chi connectivity index (χ1n) is 16.2. The lowest BCUT2D eigenvalue weighted by Crippen LogP contribution is -2.55. The van der Waals surface area contributed by atoms with Crippen molar-refractivity contribution >= 4 is 45.7 Å². The zero-order valence-corrected chi connectivity index (χ0v) is 29.3. The highest BCUT2D eigenvalue weighted by Crippen LogP contribution is 2.50.